The SMILES string of the molecule is Cc1ccccc1C(=O)Nc1ccc2c(-c3cccc(F)c3)c(N)n(C3CC3)c(=O)c2c1. The second kappa shape index (κ2) is 7.64. The zero-order valence-corrected chi connectivity index (χ0v) is 17.6. The number of nitrogen functional groups attached to an aromatic ring is 1. The summed E-state index contributed by atoms with van der Waals surface area (Å²) in [5, 5.41) is 3.95. The molecule has 0 atom stereocenters. The topological polar surface area (TPSA) is 77.1 Å². The maximum atomic E-state index is 14.0. The molecule has 0 bridgehead atoms. The average molecular weight is 427 g/mol. The summed E-state index contributed by atoms with van der Waals surface area (Å²) in [4.78, 5) is 26.1. The summed E-state index contributed by atoms with van der Waals surface area (Å²) in [5.74, 6) is -0.278. The van der Waals surface area contributed by atoms with E-state index in [0.29, 0.717) is 39.0 Å². The van der Waals surface area contributed by atoms with Crippen LogP contribution < -0.4 is 16.6 Å². The van der Waals surface area contributed by atoms with E-state index in [-0.39, 0.29) is 23.3 Å². The number of aryl methyl sites for hydroxylation is 1. The van der Waals surface area contributed by atoms with Gasteiger partial charge in [0.05, 0.1) is 5.39 Å². The minimum Gasteiger partial charge on any atom is -0.384 e. The molecule has 1 aliphatic carbocycles. The lowest BCUT2D eigenvalue weighted by molar-refractivity contribution is 0.102. The van der Waals surface area contributed by atoms with Crippen LogP contribution in [0.4, 0.5) is 15.9 Å². The number of pyridine rings is 1. The van der Waals surface area contributed by atoms with Crippen molar-refractivity contribution in [3.05, 3.63) is 94.0 Å². The van der Waals surface area contributed by atoms with E-state index in [4.69, 9.17) is 5.73 Å². The normalized spacial score (nSPS) is 13.3. The zero-order valence-electron chi connectivity index (χ0n) is 17.6. The fourth-order valence-corrected chi connectivity index (χ4v) is 4.18. The fraction of sp³-hybridized carbons (Fsp3) is 0.154. The molecule has 0 spiro atoms. The number of carbonyl (C=O) groups excluding carboxylic acids is 1. The molecule has 3 N–H and O–H groups in total. The molecule has 6 heteroatoms. The van der Waals surface area contributed by atoms with Crippen molar-refractivity contribution < 1.29 is 9.18 Å². The number of anilines is 2. The van der Waals surface area contributed by atoms with Gasteiger partial charge >= 0.3 is 0 Å². The minimum absolute atomic E-state index is 0.0458. The van der Waals surface area contributed by atoms with Crippen molar-refractivity contribution in [2.24, 2.45) is 0 Å². The van der Waals surface area contributed by atoms with Gasteiger partial charge in [0.25, 0.3) is 11.5 Å². The Bertz CT molecular complexity index is 1440. The fourth-order valence-electron chi connectivity index (χ4n) is 4.18. The Hall–Kier alpha value is -3.93. The number of rotatable bonds is 4. The molecule has 32 heavy (non-hydrogen) atoms. The quantitative estimate of drug-likeness (QED) is 0.465. The van der Waals surface area contributed by atoms with Crippen LogP contribution in [-0.4, -0.2) is 10.5 Å². The summed E-state index contributed by atoms with van der Waals surface area (Å²) in [7, 11) is 0. The van der Waals surface area contributed by atoms with Gasteiger partial charge in [0.2, 0.25) is 0 Å². The first-order valence-electron chi connectivity index (χ1n) is 10.5. The third kappa shape index (κ3) is 3.43. The first kappa shape index (κ1) is 20.0. The number of fused-ring (bicyclic) bond motifs is 1. The van der Waals surface area contributed by atoms with Crippen LogP contribution in [0.5, 0.6) is 0 Å². The minimum atomic E-state index is -0.374. The Balaban J connectivity index is 1.67. The van der Waals surface area contributed by atoms with Crippen LogP contribution in [-0.2, 0) is 0 Å². The van der Waals surface area contributed by atoms with Gasteiger partial charge in [-0.2, -0.15) is 0 Å². The van der Waals surface area contributed by atoms with E-state index in [1.807, 2.05) is 25.1 Å². The predicted molar refractivity (Wildman–Crippen MR) is 125 cm³/mol. The Labute approximate surface area is 184 Å². The Kier molecular flexibility index (Phi) is 4.78. The number of nitrogens with one attached hydrogen (secondary N) is 1. The number of amides is 1. The van der Waals surface area contributed by atoms with Gasteiger partial charge in [-0.05, 0) is 66.6 Å². The lowest BCUT2D eigenvalue weighted by atomic mass is 9.98. The third-order valence-electron chi connectivity index (χ3n) is 5.93. The first-order valence-corrected chi connectivity index (χ1v) is 10.5. The van der Waals surface area contributed by atoms with Gasteiger partial charge in [-0.25, -0.2) is 4.39 Å². The lowest BCUT2D eigenvalue weighted by Crippen LogP contribution is -2.23. The summed E-state index contributed by atoms with van der Waals surface area (Å²) in [5.41, 5.74) is 9.44. The molecule has 5 rings (SSSR count). The summed E-state index contributed by atoms with van der Waals surface area (Å²) in [6.45, 7) is 1.87. The molecule has 4 aromatic rings. The summed E-state index contributed by atoms with van der Waals surface area (Å²) in [6.07, 6.45) is 1.75. The highest BCUT2D eigenvalue weighted by Crippen LogP contribution is 2.41. The molecule has 1 amide bonds. The largest absolute Gasteiger partial charge is 0.384 e. The van der Waals surface area contributed by atoms with Gasteiger partial charge in [-0.1, -0.05) is 36.4 Å². The number of carbonyl (C=O) groups is 1. The number of halogens is 1. The third-order valence-corrected chi connectivity index (χ3v) is 5.93. The molecule has 1 saturated carbocycles. The Morgan fingerprint density at radius 3 is 2.53 bits per heavy atom. The average Bonchev–Trinajstić information content (AvgIpc) is 3.60. The number of benzene rings is 3. The lowest BCUT2D eigenvalue weighted by Gasteiger charge is -2.17. The summed E-state index contributed by atoms with van der Waals surface area (Å²) in [6, 6.07) is 18.7. The van der Waals surface area contributed by atoms with Crippen LogP contribution >= 0.6 is 0 Å². The highest BCUT2D eigenvalue weighted by molar-refractivity contribution is 6.07. The van der Waals surface area contributed by atoms with E-state index >= 15 is 0 Å². The number of hydrogen-bond donors (Lipinski definition) is 2. The van der Waals surface area contributed by atoms with Crippen LogP contribution in [0.25, 0.3) is 21.9 Å². The van der Waals surface area contributed by atoms with E-state index in [0.717, 1.165) is 18.4 Å². The Morgan fingerprint density at radius 1 is 1.03 bits per heavy atom. The van der Waals surface area contributed by atoms with E-state index in [1.165, 1.54) is 12.1 Å². The first-order chi connectivity index (χ1) is 15.4. The monoisotopic (exact) mass is 427 g/mol. The number of aromatic nitrogens is 1. The van der Waals surface area contributed by atoms with Gasteiger partial charge in [0.1, 0.15) is 11.6 Å². The molecule has 0 saturated heterocycles. The predicted octanol–water partition coefficient (Wildman–Crippen LogP) is 5.29. The van der Waals surface area contributed by atoms with Gasteiger partial charge < -0.3 is 11.1 Å². The van der Waals surface area contributed by atoms with Crippen LogP contribution in [0, 0.1) is 12.7 Å². The van der Waals surface area contributed by atoms with Gasteiger partial charge in [-0.15, -0.1) is 0 Å². The maximum absolute atomic E-state index is 14.0. The molecule has 1 heterocycles. The van der Waals surface area contributed by atoms with Crippen LogP contribution in [0.15, 0.2) is 71.5 Å². The van der Waals surface area contributed by atoms with Crippen LogP contribution in [0.2, 0.25) is 0 Å². The molecular weight excluding hydrogens is 405 g/mol. The number of nitrogens with two attached hydrogens (primary N) is 1. The van der Waals surface area contributed by atoms with Gasteiger partial charge in [0, 0.05) is 22.9 Å². The highest BCUT2D eigenvalue weighted by Gasteiger charge is 2.29. The van der Waals surface area contributed by atoms with Crippen LogP contribution in [0.3, 0.4) is 0 Å². The molecule has 1 fully saturated rings. The van der Waals surface area contributed by atoms with Crippen molar-refractivity contribution in [3.8, 4) is 11.1 Å². The summed E-state index contributed by atoms with van der Waals surface area (Å²) < 4.78 is 15.6. The van der Waals surface area contributed by atoms with Gasteiger partial charge in [0.15, 0.2) is 0 Å². The van der Waals surface area contributed by atoms with Crippen LogP contribution in [0.1, 0.15) is 34.8 Å². The number of hydrogen-bond acceptors (Lipinski definition) is 3. The van der Waals surface area contributed by atoms with Crippen molar-refractivity contribution in [2.75, 3.05) is 11.1 Å². The molecule has 1 aromatic heterocycles. The highest BCUT2D eigenvalue weighted by atomic mass is 19.1. The van der Waals surface area contributed by atoms with Crippen molar-refractivity contribution >= 4 is 28.2 Å². The second-order valence-corrected chi connectivity index (χ2v) is 8.21. The van der Waals surface area contributed by atoms with Gasteiger partial charge in [-0.3, -0.25) is 14.2 Å². The summed E-state index contributed by atoms with van der Waals surface area (Å²) >= 11 is 0. The standard InChI is InChI=1S/C26H22FN3O2/c1-15-5-2-3-8-20(15)25(31)29-18-9-12-21-22(14-18)26(32)30(19-10-11-19)24(28)23(21)16-6-4-7-17(27)13-16/h2-9,12-14,19H,10-11,28H2,1H3,(H,29,31). The molecular formula is C26H22FN3O2. The van der Waals surface area contributed by atoms with Crippen molar-refractivity contribution in [1.82, 2.24) is 4.57 Å². The zero-order chi connectivity index (χ0) is 22.4. The molecule has 160 valence electrons. The molecule has 0 aliphatic heterocycles. The molecule has 0 radical (unpaired) electrons. The van der Waals surface area contributed by atoms with E-state index in [2.05, 4.69) is 5.32 Å². The van der Waals surface area contributed by atoms with Crippen molar-refractivity contribution in [3.63, 3.8) is 0 Å². The molecule has 5 nitrogen and oxygen atoms in total. The number of nitrogens with zero attached hydrogens (tertiary/aromatic N) is 1. The molecule has 1 aliphatic rings. The van der Waals surface area contributed by atoms with Crippen molar-refractivity contribution in [1.29, 1.82) is 0 Å². The van der Waals surface area contributed by atoms with E-state index in [9.17, 15) is 14.0 Å². The Morgan fingerprint density at radius 2 is 1.81 bits per heavy atom. The van der Waals surface area contributed by atoms with E-state index < -0.39 is 0 Å². The van der Waals surface area contributed by atoms with E-state index in [1.54, 1.807) is 41.0 Å². The second-order valence-electron chi connectivity index (χ2n) is 8.21. The molecule has 3 aromatic carbocycles. The maximum Gasteiger partial charge on any atom is 0.260 e. The van der Waals surface area contributed by atoms with Crippen molar-refractivity contribution in [2.45, 2.75) is 25.8 Å². The molecule has 0 unspecified atom stereocenters. The smallest absolute Gasteiger partial charge is 0.260 e.